The molecule has 0 radical (unpaired) electrons. The fourth-order valence-corrected chi connectivity index (χ4v) is 37.6. The Morgan fingerprint density at radius 3 is 0.551 bits per heavy atom. The quantitative estimate of drug-likeness (QED) is 0.0625. The Balaban J connectivity index is 0.000000107. The molecule has 12 aromatic heterocycles. The van der Waals surface area contributed by atoms with Crippen LogP contribution in [0.5, 0.6) is 0 Å². The summed E-state index contributed by atoms with van der Waals surface area (Å²) in [4.78, 5) is 0. The Morgan fingerprint density at radius 2 is 0.320 bits per heavy atom. The summed E-state index contributed by atoms with van der Waals surface area (Å²) in [5, 5.41) is 29.6. The van der Waals surface area contributed by atoms with Crippen LogP contribution in [-0.4, -0.2) is 51.6 Å². The number of aromatic nitrogens is 6. The van der Waals surface area contributed by atoms with Gasteiger partial charge in [0.15, 0.2) is 24.2 Å². The molecule has 0 spiro atoms. The van der Waals surface area contributed by atoms with Crippen LogP contribution in [0.25, 0.3) is 166 Å². The van der Waals surface area contributed by atoms with Crippen LogP contribution in [0.2, 0.25) is 0 Å². The van der Waals surface area contributed by atoms with Gasteiger partial charge < -0.3 is 26.5 Å². The second-order valence-corrected chi connectivity index (χ2v) is 49.2. The number of furan rings is 6. The Bertz CT molecular complexity index is 9120. The van der Waals surface area contributed by atoms with Crippen molar-refractivity contribution in [2.24, 2.45) is 0 Å². The maximum atomic E-state index is 6.33. The van der Waals surface area contributed by atoms with Crippen LogP contribution in [-0.2, 0) is 0 Å². The summed E-state index contributed by atoms with van der Waals surface area (Å²) in [6.07, 6.45) is 12.0. The third-order valence-corrected chi connectivity index (χ3v) is 44.5. The molecule has 0 aliphatic heterocycles. The van der Waals surface area contributed by atoms with Gasteiger partial charge in [0.1, 0.15) is 22.3 Å². The van der Waals surface area contributed by atoms with Crippen LogP contribution in [0, 0.1) is 0 Å². The van der Waals surface area contributed by atoms with Crippen molar-refractivity contribution in [3.05, 3.63) is 547 Å². The largest absolute Gasteiger partial charge is 0.447 e. The van der Waals surface area contributed by atoms with Crippen LogP contribution in [0.4, 0.5) is 0 Å². The Morgan fingerprint density at radius 1 is 0.136 bits per heavy atom. The molecule has 15 heteroatoms. The lowest BCUT2D eigenvalue weighted by Crippen LogP contribution is -2.74. The Kier molecular flexibility index (Phi) is 20.7. The predicted octanol–water partition coefficient (Wildman–Crippen LogP) is 25.3. The van der Waals surface area contributed by atoms with Gasteiger partial charge in [0, 0.05) is 124 Å². The number of hydrogen-bond acceptors (Lipinski definition) is 6. The first-order valence-electron chi connectivity index (χ1n) is 49.8. The van der Waals surface area contributed by atoms with E-state index in [-0.39, 0.29) is 0 Å². The normalized spacial score (nSPS) is 12.1. The SMILES string of the molecule is c1ccc([Si](c2ccccc2)(c2ccc(-n3c4ccccc4c4ccoc43)cc2)c2ccc(-n3c4ccccc4c4ccoc43)cc2)cc1.c1ccc([Si](c2ccccc2)(c2ccc(-n3ccc4c5ccccc5oc43)cc2)c2ccc(-n3ccc4c5ccccc5oc43)cc2)cc1.c1ccc([Si](c2ccccc2)(c2ccc(-n3ccc4c5ccccc5oc43)cc2)c2ccc(-n3ccc4c5ccccc5oc43)cc2)cc1. The van der Waals surface area contributed by atoms with Crippen molar-refractivity contribution in [1.29, 1.82) is 0 Å². The molecule has 30 rings (SSSR count). The van der Waals surface area contributed by atoms with E-state index < -0.39 is 24.2 Å². The van der Waals surface area contributed by atoms with Crippen molar-refractivity contribution in [3.8, 4) is 34.1 Å². The number of fused-ring (bicyclic) bond motifs is 18. The Hall–Kier alpha value is -18.9. The summed E-state index contributed by atoms with van der Waals surface area (Å²) in [5.41, 5.74) is 17.5. The molecule has 12 nitrogen and oxygen atoms in total. The minimum Gasteiger partial charge on any atom is -0.447 e. The summed E-state index contributed by atoms with van der Waals surface area (Å²) in [7, 11) is -8.25. The van der Waals surface area contributed by atoms with E-state index in [1.54, 1.807) is 12.5 Å². The first kappa shape index (κ1) is 86.0. The number of rotatable bonds is 18. The second kappa shape index (κ2) is 35.3. The van der Waals surface area contributed by atoms with E-state index in [2.05, 4.69) is 513 Å². The highest BCUT2D eigenvalue weighted by molar-refractivity contribution is 7.21. The smallest absolute Gasteiger partial charge is 0.212 e. The standard InChI is InChI=1S/3C44H30N2O2Si/c1-3-11-33(12-4-1)49(34-13-5-2-6-14-34,35-23-19-31(20-24-35)45-41-17-9-7-15-37(41)39-27-29-47-43(39)45)36-25-21-32(22-26-36)46-42-18-10-8-16-38(42)40-28-30-48-44(40)46;2*1-3-11-33(12-4-1)49(34-13-5-2-6-14-34,35-23-19-31(20-24-35)45-29-27-39-37-15-7-9-17-41(37)47-43(39)45)36-25-21-32(22-26-36)46-30-28-40-38-16-8-10-18-42(38)48-44(40)46/h3*1-30H. The van der Waals surface area contributed by atoms with Crippen LogP contribution in [0.3, 0.4) is 0 Å². The van der Waals surface area contributed by atoms with Gasteiger partial charge in [-0.1, -0.05) is 364 Å². The highest BCUT2D eigenvalue weighted by Crippen LogP contribution is 2.40. The van der Waals surface area contributed by atoms with E-state index >= 15 is 0 Å². The fourth-order valence-electron chi connectivity index (χ4n) is 23.5. The van der Waals surface area contributed by atoms with Gasteiger partial charge in [-0.25, -0.2) is 0 Å². The maximum Gasteiger partial charge on any atom is 0.212 e. The molecular formula is C132H90N6O6Si3. The van der Waals surface area contributed by atoms with Crippen molar-refractivity contribution < 1.29 is 26.5 Å². The molecule has 0 fully saturated rings. The maximum absolute atomic E-state index is 6.33. The van der Waals surface area contributed by atoms with Gasteiger partial charge in [-0.15, -0.1) is 0 Å². The van der Waals surface area contributed by atoms with Gasteiger partial charge in [-0.05, 0) is 208 Å². The van der Waals surface area contributed by atoms with E-state index in [0.717, 1.165) is 156 Å². The highest BCUT2D eigenvalue weighted by atomic mass is 28.3. The molecular weight excluding hydrogens is 1850 g/mol. The van der Waals surface area contributed by atoms with Gasteiger partial charge in [0.2, 0.25) is 34.3 Å². The summed E-state index contributed by atoms with van der Waals surface area (Å²) < 4.78 is 50.5. The number of benzene rings is 18. The van der Waals surface area contributed by atoms with E-state index in [9.17, 15) is 0 Å². The third kappa shape index (κ3) is 13.8. The predicted molar refractivity (Wildman–Crippen MR) is 610 cm³/mol. The van der Waals surface area contributed by atoms with Crippen molar-refractivity contribution in [2.75, 3.05) is 0 Å². The first-order valence-corrected chi connectivity index (χ1v) is 55.8. The molecule has 0 atom stereocenters. The van der Waals surface area contributed by atoms with E-state index in [4.69, 9.17) is 26.5 Å². The van der Waals surface area contributed by atoms with E-state index in [0.29, 0.717) is 0 Å². The lowest BCUT2D eigenvalue weighted by molar-refractivity contribution is 0.595. The average Bonchev–Trinajstić information content (AvgIpc) is 1.69. The molecule has 0 unspecified atom stereocenters. The molecule has 0 saturated heterocycles. The lowest BCUT2D eigenvalue weighted by Gasteiger charge is -2.34. The Labute approximate surface area is 847 Å². The van der Waals surface area contributed by atoms with Crippen LogP contribution < -0.4 is 62.2 Å². The van der Waals surface area contributed by atoms with Crippen molar-refractivity contribution in [2.45, 2.75) is 0 Å². The number of nitrogens with zero attached hydrogens (tertiary/aromatic N) is 6. The average molecular weight is 1940 g/mol. The molecule has 30 aromatic rings. The van der Waals surface area contributed by atoms with Crippen molar-refractivity contribution in [3.63, 3.8) is 0 Å². The molecule has 0 aliphatic carbocycles. The zero-order valence-electron chi connectivity index (χ0n) is 79.6. The summed E-state index contributed by atoms with van der Waals surface area (Å²) >= 11 is 0. The third-order valence-electron chi connectivity index (χ3n) is 30.1. The molecule has 696 valence electrons. The van der Waals surface area contributed by atoms with Gasteiger partial charge in [-0.2, -0.15) is 0 Å². The number of hydrogen-bond donors (Lipinski definition) is 0. The minimum atomic E-state index is -2.77. The highest BCUT2D eigenvalue weighted by Gasteiger charge is 2.45. The first-order chi connectivity index (χ1) is 72.9. The molecule has 0 N–H and O–H groups in total. The number of para-hydroxylation sites is 6. The van der Waals surface area contributed by atoms with Gasteiger partial charge in [-0.3, -0.25) is 27.4 Å². The molecule has 0 saturated carbocycles. The zero-order chi connectivity index (χ0) is 97.1. The molecule has 0 amide bonds. The monoisotopic (exact) mass is 1940 g/mol. The van der Waals surface area contributed by atoms with E-state index in [1.165, 1.54) is 73.0 Å². The molecule has 12 heterocycles. The minimum absolute atomic E-state index is 0.863. The van der Waals surface area contributed by atoms with Gasteiger partial charge in [0.25, 0.3) is 0 Å². The molecule has 0 aliphatic rings. The lowest BCUT2D eigenvalue weighted by atomic mass is 10.2. The second-order valence-electron chi connectivity index (χ2n) is 37.7. The van der Waals surface area contributed by atoms with Gasteiger partial charge >= 0.3 is 0 Å². The van der Waals surface area contributed by atoms with Crippen LogP contribution in [0.1, 0.15) is 0 Å². The van der Waals surface area contributed by atoms with Gasteiger partial charge in [0.05, 0.1) is 23.6 Å². The molecule has 0 bridgehead atoms. The topological polar surface area (TPSA) is 108 Å². The fraction of sp³-hybridized carbons (Fsp3) is 0. The van der Waals surface area contributed by atoms with Crippen molar-refractivity contribution in [1.82, 2.24) is 27.4 Å². The summed E-state index contributed by atoms with van der Waals surface area (Å²) in [6, 6.07) is 184. The molecule has 18 aromatic carbocycles. The molecule has 147 heavy (non-hydrogen) atoms. The zero-order valence-corrected chi connectivity index (χ0v) is 82.6. The van der Waals surface area contributed by atoms with Crippen LogP contribution in [0.15, 0.2) is 573 Å². The van der Waals surface area contributed by atoms with Crippen LogP contribution >= 0.6 is 0 Å². The summed E-state index contributed by atoms with van der Waals surface area (Å²) in [6.45, 7) is 0. The summed E-state index contributed by atoms with van der Waals surface area (Å²) in [5.74, 6) is 0. The van der Waals surface area contributed by atoms with Crippen molar-refractivity contribution >= 4 is 219 Å². The van der Waals surface area contributed by atoms with E-state index in [1.807, 2.05) is 48.5 Å².